The molecule has 0 aromatic carbocycles. The van der Waals surface area contributed by atoms with Crippen LogP contribution in [0.4, 0.5) is 5.13 Å². The molecule has 0 aliphatic carbocycles. The van der Waals surface area contributed by atoms with Crippen LogP contribution in [0.3, 0.4) is 0 Å². The maximum absolute atomic E-state index is 10.8. The molecule has 6 nitrogen and oxygen atoms in total. The zero-order valence-corrected chi connectivity index (χ0v) is 10.3. The molecule has 0 bridgehead atoms. The first-order valence-electron chi connectivity index (χ1n) is 5.01. The van der Waals surface area contributed by atoms with Crippen LogP contribution >= 0.6 is 11.3 Å². The number of nitrogens with one attached hydrogen (secondary N) is 2. The van der Waals surface area contributed by atoms with Crippen molar-refractivity contribution in [1.29, 1.82) is 0 Å². The normalized spacial score (nSPS) is 10.5. The molecule has 0 fully saturated rings. The number of nitrogens with zero attached hydrogens (tertiary/aromatic N) is 2. The standard InChI is InChI=1S/C10H12N4O2S/c1-5-7(4-12-14-5)3-11-10-13-8(9(15)16)6(2)17-10/h4H,3H2,1-2H3,(H,11,13)(H,12,14)(H,15,16). The first-order chi connectivity index (χ1) is 8.08. The van der Waals surface area contributed by atoms with Gasteiger partial charge in [-0.15, -0.1) is 11.3 Å². The first kappa shape index (κ1) is 11.6. The number of thiazole rings is 1. The maximum Gasteiger partial charge on any atom is 0.355 e. The molecule has 0 unspecified atom stereocenters. The Morgan fingerprint density at radius 1 is 1.59 bits per heavy atom. The maximum atomic E-state index is 10.8. The van der Waals surface area contributed by atoms with Crippen molar-refractivity contribution in [2.75, 3.05) is 5.32 Å². The zero-order valence-electron chi connectivity index (χ0n) is 9.44. The molecule has 0 radical (unpaired) electrons. The van der Waals surface area contributed by atoms with Gasteiger partial charge in [-0.1, -0.05) is 0 Å². The Balaban J connectivity index is 2.07. The average molecular weight is 252 g/mol. The summed E-state index contributed by atoms with van der Waals surface area (Å²) in [5.41, 5.74) is 2.14. The van der Waals surface area contributed by atoms with Crippen molar-refractivity contribution in [3.63, 3.8) is 0 Å². The van der Waals surface area contributed by atoms with E-state index >= 15 is 0 Å². The van der Waals surface area contributed by atoms with E-state index in [1.165, 1.54) is 11.3 Å². The van der Waals surface area contributed by atoms with Gasteiger partial charge in [0.15, 0.2) is 10.8 Å². The average Bonchev–Trinajstić information content (AvgIpc) is 2.82. The number of H-pyrrole nitrogens is 1. The highest BCUT2D eigenvalue weighted by molar-refractivity contribution is 7.15. The summed E-state index contributed by atoms with van der Waals surface area (Å²) in [6, 6.07) is 0. The van der Waals surface area contributed by atoms with Crippen molar-refractivity contribution in [3.05, 3.63) is 28.0 Å². The van der Waals surface area contributed by atoms with Crippen molar-refractivity contribution in [2.24, 2.45) is 0 Å². The van der Waals surface area contributed by atoms with Crippen LogP contribution in [0, 0.1) is 13.8 Å². The Morgan fingerprint density at radius 2 is 2.35 bits per heavy atom. The quantitative estimate of drug-likeness (QED) is 0.771. The number of carboxylic acids is 1. The van der Waals surface area contributed by atoms with E-state index in [9.17, 15) is 4.79 Å². The molecule has 0 amide bonds. The van der Waals surface area contributed by atoms with E-state index in [0.717, 1.165) is 11.3 Å². The molecule has 0 saturated heterocycles. The van der Waals surface area contributed by atoms with Gasteiger partial charge in [-0.05, 0) is 13.8 Å². The molecule has 0 spiro atoms. The number of hydrogen-bond donors (Lipinski definition) is 3. The van der Waals surface area contributed by atoms with Gasteiger partial charge >= 0.3 is 5.97 Å². The van der Waals surface area contributed by atoms with Gasteiger partial charge in [0, 0.05) is 22.7 Å². The van der Waals surface area contributed by atoms with Crippen LogP contribution in [-0.2, 0) is 6.54 Å². The van der Waals surface area contributed by atoms with E-state index in [0.29, 0.717) is 16.6 Å². The van der Waals surface area contributed by atoms with Crippen molar-refractivity contribution < 1.29 is 9.90 Å². The van der Waals surface area contributed by atoms with Crippen molar-refractivity contribution in [3.8, 4) is 0 Å². The van der Waals surface area contributed by atoms with Gasteiger partial charge in [-0.2, -0.15) is 5.10 Å². The lowest BCUT2D eigenvalue weighted by Gasteiger charge is -2.00. The molecule has 17 heavy (non-hydrogen) atoms. The summed E-state index contributed by atoms with van der Waals surface area (Å²) in [5, 5.41) is 19.3. The van der Waals surface area contributed by atoms with Crippen LogP contribution in [0.5, 0.6) is 0 Å². The van der Waals surface area contributed by atoms with E-state index in [-0.39, 0.29) is 5.69 Å². The number of rotatable bonds is 4. The number of anilines is 1. The monoisotopic (exact) mass is 252 g/mol. The molecule has 7 heteroatoms. The SMILES string of the molecule is Cc1[nH]ncc1CNc1nc(C(=O)O)c(C)s1. The molecule has 2 aromatic heterocycles. The summed E-state index contributed by atoms with van der Waals surface area (Å²) in [7, 11) is 0. The molecule has 2 heterocycles. The molecule has 2 rings (SSSR count). The molecular formula is C10H12N4O2S. The van der Waals surface area contributed by atoms with Crippen LogP contribution in [0.2, 0.25) is 0 Å². The van der Waals surface area contributed by atoms with Gasteiger partial charge < -0.3 is 10.4 Å². The van der Waals surface area contributed by atoms with E-state index in [1.54, 1.807) is 13.1 Å². The van der Waals surface area contributed by atoms with Crippen LogP contribution < -0.4 is 5.32 Å². The number of aromatic nitrogens is 3. The van der Waals surface area contributed by atoms with Crippen molar-refractivity contribution in [1.82, 2.24) is 15.2 Å². The molecular weight excluding hydrogens is 240 g/mol. The van der Waals surface area contributed by atoms with Crippen LogP contribution in [0.1, 0.15) is 26.6 Å². The molecule has 0 atom stereocenters. The Bertz CT molecular complexity index is 546. The van der Waals surface area contributed by atoms with Crippen LogP contribution in [0.15, 0.2) is 6.20 Å². The summed E-state index contributed by atoms with van der Waals surface area (Å²) in [6.07, 6.45) is 1.74. The Labute approximate surface area is 102 Å². The smallest absolute Gasteiger partial charge is 0.355 e. The minimum absolute atomic E-state index is 0.112. The highest BCUT2D eigenvalue weighted by atomic mass is 32.1. The van der Waals surface area contributed by atoms with Gasteiger partial charge in [-0.25, -0.2) is 9.78 Å². The molecule has 3 N–H and O–H groups in total. The summed E-state index contributed by atoms with van der Waals surface area (Å²) in [4.78, 5) is 15.5. The third-order valence-electron chi connectivity index (χ3n) is 2.36. The van der Waals surface area contributed by atoms with Gasteiger partial charge in [0.2, 0.25) is 0 Å². The van der Waals surface area contributed by atoms with Crippen molar-refractivity contribution in [2.45, 2.75) is 20.4 Å². The van der Waals surface area contributed by atoms with Gasteiger partial charge in [0.1, 0.15) is 0 Å². The number of carboxylic acid groups (broad SMARTS) is 1. The zero-order chi connectivity index (χ0) is 12.4. The first-order valence-corrected chi connectivity index (χ1v) is 5.83. The second kappa shape index (κ2) is 4.54. The predicted molar refractivity (Wildman–Crippen MR) is 64.5 cm³/mol. The molecule has 0 aliphatic rings. The van der Waals surface area contributed by atoms with Gasteiger partial charge in [0.05, 0.1) is 6.20 Å². The second-order valence-corrected chi connectivity index (χ2v) is 4.81. The van der Waals surface area contributed by atoms with E-state index in [1.807, 2.05) is 6.92 Å². The lowest BCUT2D eigenvalue weighted by atomic mass is 10.3. The Kier molecular flexibility index (Phi) is 3.10. The number of carbonyl (C=O) groups is 1. The summed E-state index contributed by atoms with van der Waals surface area (Å²) in [6.45, 7) is 4.25. The van der Waals surface area contributed by atoms with E-state index in [4.69, 9.17) is 5.11 Å². The molecule has 2 aromatic rings. The number of aromatic carboxylic acids is 1. The van der Waals surface area contributed by atoms with Gasteiger partial charge in [0.25, 0.3) is 0 Å². The third-order valence-corrected chi connectivity index (χ3v) is 3.29. The van der Waals surface area contributed by atoms with Crippen LogP contribution in [-0.4, -0.2) is 26.3 Å². The highest BCUT2D eigenvalue weighted by Crippen LogP contribution is 2.22. The lowest BCUT2D eigenvalue weighted by molar-refractivity contribution is 0.0690. The predicted octanol–water partition coefficient (Wildman–Crippen LogP) is 1.79. The molecule has 0 aliphatic heterocycles. The van der Waals surface area contributed by atoms with E-state index < -0.39 is 5.97 Å². The Morgan fingerprint density at radius 3 is 2.88 bits per heavy atom. The number of aryl methyl sites for hydroxylation is 2. The van der Waals surface area contributed by atoms with Crippen molar-refractivity contribution >= 4 is 22.4 Å². The molecule has 0 saturated carbocycles. The fourth-order valence-electron chi connectivity index (χ4n) is 1.40. The summed E-state index contributed by atoms with van der Waals surface area (Å²) in [5.74, 6) is -0.994. The largest absolute Gasteiger partial charge is 0.476 e. The molecule has 90 valence electrons. The Hall–Kier alpha value is -1.89. The minimum atomic E-state index is -0.994. The van der Waals surface area contributed by atoms with Crippen LogP contribution in [0.25, 0.3) is 0 Å². The topological polar surface area (TPSA) is 90.9 Å². The number of aromatic amines is 1. The second-order valence-electron chi connectivity index (χ2n) is 3.60. The summed E-state index contributed by atoms with van der Waals surface area (Å²) >= 11 is 1.34. The number of hydrogen-bond acceptors (Lipinski definition) is 5. The lowest BCUT2D eigenvalue weighted by Crippen LogP contribution is -2.02. The minimum Gasteiger partial charge on any atom is -0.476 e. The van der Waals surface area contributed by atoms with E-state index in [2.05, 4.69) is 20.5 Å². The third kappa shape index (κ3) is 2.44. The fraction of sp³-hybridized carbons (Fsp3) is 0.300. The van der Waals surface area contributed by atoms with Gasteiger partial charge in [-0.3, -0.25) is 5.10 Å². The summed E-state index contributed by atoms with van der Waals surface area (Å²) < 4.78 is 0. The highest BCUT2D eigenvalue weighted by Gasteiger charge is 2.13. The fourth-order valence-corrected chi connectivity index (χ4v) is 2.20.